The third-order valence-corrected chi connectivity index (χ3v) is 3.01. The number of nitrogens with zero attached hydrogens (tertiary/aromatic N) is 1. The van der Waals surface area contributed by atoms with Crippen LogP contribution in [0, 0.1) is 16.7 Å². The van der Waals surface area contributed by atoms with Gasteiger partial charge < -0.3 is 5.73 Å². The van der Waals surface area contributed by atoms with Gasteiger partial charge in [-0.3, -0.25) is 0 Å². The van der Waals surface area contributed by atoms with E-state index in [2.05, 4.69) is 0 Å². The molecule has 1 saturated carbocycles. The van der Waals surface area contributed by atoms with Crippen molar-refractivity contribution in [2.75, 3.05) is 0 Å². The summed E-state index contributed by atoms with van der Waals surface area (Å²) in [5.74, 6) is 0. The maximum absolute atomic E-state index is 12.7. The molecule has 1 aliphatic rings. The van der Waals surface area contributed by atoms with Crippen molar-refractivity contribution in [3.8, 4) is 6.07 Å². The predicted octanol–water partition coefficient (Wildman–Crippen LogP) is 2.35. The van der Waals surface area contributed by atoms with E-state index < -0.39 is 18.0 Å². The van der Waals surface area contributed by atoms with Crippen LogP contribution in [0.25, 0.3) is 0 Å². The van der Waals surface area contributed by atoms with E-state index in [1.54, 1.807) is 6.07 Å². The topological polar surface area (TPSA) is 49.8 Å². The summed E-state index contributed by atoms with van der Waals surface area (Å²) in [6.45, 7) is 0. The van der Waals surface area contributed by atoms with E-state index in [1.165, 1.54) is 0 Å². The minimum Gasteiger partial charge on any atom is -0.328 e. The lowest BCUT2D eigenvalue weighted by atomic mass is 9.70. The van der Waals surface area contributed by atoms with Crippen LogP contribution >= 0.6 is 0 Å². The Balaban J connectivity index is 2.80. The van der Waals surface area contributed by atoms with Crippen LogP contribution in [-0.4, -0.2) is 12.2 Å². The summed E-state index contributed by atoms with van der Waals surface area (Å²) in [6.07, 6.45) is -4.01. The monoisotopic (exact) mass is 206 g/mol. The molecule has 0 spiro atoms. The largest absolute Gasteiger partial charge is 0.395 e. The van der Waals surface area contributed by atoms with Gasteiger partial charge in [-0.15, -0.1) is 0 Å². The highest BCUT2D eigenvalue weighted by molar-refractivity contribution is 4.97. The van der Waals surface area contributed by atoms with Crippen LogP contribution < -0.4 is 5.73 Å². The van der Waals surface area contributed by atoms with Crippen molar-refractivity contribution >= 4 is 0 Å². The van der Waals surface area contributed by atoms with Crippen LogP contribution in [0.2, 0.25) is 0 Å². The Hall–Kier alpha value is -0.760. The molecule has 0 amide bonds. The number of rotatable bonds is 1. The summed E-state index contributed by atoms with van der Waals surface area (Å²) in [6, 6.07) is 1.50. The maximum Gasteiger partial charge on any atom is 0.395 e. The lowest BCUT2D eigenvalue weighted by molar-refractivity contribution is -0.233. The van der Waals surface area contributed by atoms with Gasteiger partial charge in [0.25, 0.3) is 0 Å². The van der Waals surface area contributed by atoms with Gasteiger partial charge in [0, 0.05) is 12.5 Å². The first kappa shape index (κ1) is 11.3. The molecule has 0 aliphatic heterocycles. The highest BCUT2D eigenvalue weighted by atomic mass is 19.4. The summed E-state index contributed by atoms with van der Waals surface area (Å²) in [5.41, 5.74) is 3.75. The molecule has 14 heavy (non-hydrogen) atoms. The quantitative estimate of drug-likeness (QED) is 0.715. The molecule has 0 aromatic rings. The smallest absolute Gasteiger partial charge is 0.328 e. The van der Waals surface area contributed by atoms with Crippen LogP contribution in [0.4, 0.5) is 13.2 Å². The Kier molecular flexibility index (Phi) is 3.05. The van der Waals surface area contributed by atoms with Gasteiger partial charge >= 0.3 is 6.18 Å². The van der Waals surface area contributed by atoms with Gasteiger partial charge in [-0.25, -0.2) is 0 Å². The average molecular weight is 206 g/mol. The standard InChI is InChI=1S/C9H13F3N2/c10-9(11,12)8(5-6-13)3-1-7(14)2-4-8/h7H,1-5,14H2/t7-,8+. The molecule has 1 rings (SSSR count). The highest BCUT2D eigenvalue weighted by Gasteiger charge is 2.55. The summed E-state index contributed by atoms with van der Waals surface area (Å²) in [4.78, 5) is 0. The summed E-state index contributed by atoms with van der Waals surface area (Å²) in [7, 11) is 0. The first-order chi connectivity index (χ1) is 6.41. The van der Waals surface area contributed by atoms with Gasteiger partial charge in [0.1, 0.15) is 0 Å². The van der Waals surface area contributed by atoms with Gasteiger partial charge in [0.05, 0.1) is 11.5 Å². The third kappa shape index (κ3) is 2.01. The Bertz CT molecular complexity index is 233. The van der Waals surface area contributed by atoms with Gasteiger partial charge in [-0.2, -0.15) is 18.4 Å². The lowest BCUT2D eigenvalue weighted by Gasteiger charge is -2.39. The second-order valence-electron chi connectivity index (χ2n) is 3.95. The van der Waals surface area contributed by atoms with Crippen molar-refractivity contribution in [3.05, 3.63) is 0 Å². The molecule has 0 aromatic heterocycles. The molecule has 0 aromatic carbocycles. The Morgan fingerprint density at radius 3 is 2.21 bits per heavy atom. The average Bonchev–Trinajstić information content (AvgIpc) is 2.07. The van der Waals surface area contributed by atoms with Crippen LogP contribution in [0.15, 0.2) is 0 Å². The first-order valence-corrected chi connectivity index (χ1v) is 4.60. The van der Waals surface area contributed by atoms with E-state index >= 15 is 0 Å². The Morgan fingerprint density at radius 1 is 1.36 bits per heavy atom. The number of hydrogen-bond donors (Lipinski definition) is 1. The fourth-order valence-corrected chi connectivity index (χ4v) is 1.90. The Morgan fingerprint density at radius 2 is 1.86 bits per heavy atom. The number of nitriles is 1. The zero-order valence-corrected chi connectivity index (χ0v) is 7.77. The normalized spacial score (nSPS) is 33.8. The van der Waals surface area contributed by atoms with Gasteiger partial charge in [0.15, 0.2) is 0 Å². The zero-order chi connectivity index (χ0) is 10.8. The predicted molar refractivity (Wildman–Crippen MR) is 45.2 cm³/mol. The zero-order valence-electron chi connectivity index (χ0n) is 7.77. The van der Waals surface area contributed by atoms with Crippen LogP contribution in [0.3, 0.4) is 0 Å². The van der Waals surface area contributed by atoms with Crippen molar-refractivity contribution in [2.24, 2.45) is 11.1 Å². The van der Waals surface area contributed by atoms with E-state index in [0.29, 0.717) is 12.8 Å². The van der Waals surface area contributed by atoms with E-state index in [4.69, 9.17) is 11.0 Å². The van der Waals surface area contributed by atoms with E-state index in [-0.39, 0.29) is 18.9 Å². The second kappa shape index (κ2) is 3.77. The number of nitrogens with two attached hydrogens (primary N) is 1. The molecule has 0 heterocycles. The summed E-state index contributed by atoms with van der Waals surface area (Å²) < 4.78 is 38.2. The third-order valence-electron chi connectivity index (χ3n) is 3.01. The molecular weight excluding hydrogens is 193 g/mol. The fourth-order valence-electron chi connectivity index (χ4n) is 1.90. The molecule has 2 N–H and O–H groups in total. The molecular formula is C9H13F3N2. The summed E-state index contributed by atoms with van der Waals surface area (Å²) >= 11 is 0. The number of halogens is 3. The fraction of sp³-hybridized carbons (Fsp3) is 0.889. The summed E-state index contributed by atoms with van der Waals surface area (Å²) in [5, 5.41) is 8.43. The minimum absolute atomic E-state index is 0.00870. The van der Waals surface area contributed by atoms with E-state index in [1.807, 2.05) is 0 Å². The maximum atomic E-state index is 12.7. The van der Waals surface area contributed by atoms with Crippen molar-refractivity contribution in [3.63, 3.8) is 0 Å². The van der Waals surface area contributed by atoms with Crippen molar-refractivity contribution < 1.29 is 13.2 Å². The molecule has 0 bridgehead atoms. The van der Waals surface area contributed by atoms with Crippen molar-refractivity contribution in [1.29, 1.82) is 5.26 Å². The molecule has 0 radical (unpaired) electrons. The molecule has 80 valence electrons. The van der Waals surface area contributed by atoms with Gasteiger partial charge in [-0.1, -0.05) is 0 Å². The van der Waals surface area contributed by atoms with Crippen LogP contribution in [0.1, 0.15) is 32.1 Å². The van der Waals surface area contributed by atoms with Gasteiger partial charge in [-0.05, 0) is 25.7 Å². The van der Waals surface area contributed by atoms with E-state index in [9.17, 15) is 13.2 Å². The second-order valence-corrected chi connectivity index (χ2v) is 3.95. The van der Waals surface area contributed by atoms with Crippen molar-refractivity contribution in [2.45, 2.75) is 44.3 Å². The van der Waals surface area contributed by atoms with Crippen LogP contribution in [0.5, 0.6) is 0 Å². The molecule has 5 heteroatoms. The highest BCUT2D eigenvalue weighted by Crippen LogP contribution is 2.50. The Labute approximate surface area is 80.9 Å². The van der Waals surface area contributed by atoms with Gasteiger partial charge in [0.2, 0.25) is 0 Å². The molecule has 0 saturated heterocycles. The molecule has 0 atom stereocenters. The van der Waals surface area contributed by atoms with E-state index in [0.717, 1.165) is 0 Å². The SMILES string of the molecule is N#CC[C@]1(C(F)(F)F)CC[C@@H](N)CC1. The first-order valence-electron chi connectivity index (χ1n) is 4.60. The molecule has 2 nitrogen and oxygen atoms in total. The minimum atomic E-state index is -4.27. The molecule has 1 aliphatic carbocycles. The lowest BCUT2D eigenvalue weighted by Crippen LogP contribution is -2.43. The molecule has 1 fully saturated rings. The van der Waals surface area contributed by atoms with Crippen LogP contribution in [-0.2, 0) is 0 Å². The molecule has 0 unspecified atom stereocenters. The van der Waals surface area contributed by atoms with Crippen molar-refractivity contribution in [1.82, 2.24) is 0 Å². The number of alkyl halides is 3. The number of hydrogen-bond acceptors (Lipinski definition) is 2.